The molecule has 1 aliphatic rings. The molecule has 16 heavy (non-hydrogen) atoms. The predicted molar refractivity (Wildman–Crippen MR) is 62.8 cm³/mol. The number of aliphatic hydroxyl groups excluding tert-OH is 1. The van der Waals surface area contributed by atoms with Crippen LogP contribution in [0.2, 0.25) is 0 Å². The number of aromatic nitrogens is 1. The molecule has 2 unspecified atom stereocenters. The zero-order valence-corrected chi connectivity index (χ0v) is 9.42. The van der Waals surface area contributed by atoms with Crippen molar-refractivity contribution >= 4 is 0 Å². The third-order valence-electron chi connectivity index (χ3n) is 3.27. The van der Waals surface area contributed by atoms with Crippen LogP contribution >= 0.6 is 0 Å². The van der Waals surface area contributed by atoms with Gasteiger partial charge in [0.05, 0.1) is 11.7 Å². The molecule has 0 aliphatic carbocycles. The first kappa shape index (κ1) is 11.5. The normalized spacial score (nSPS) is 23.5. The van der Waals surface area contributed by atoms with E-state index in [-0.39, 0.29) is 12.6 Å². The van der Waals surface area contributed by atoms with Gasteiger partial charge in [-0.3, -0.25) is 9.88 Å². The largest absolute Gasteiger partial charge is 0.396 e. The van der Waals surface area contributed by atoms with Crippen molar-refractivity contribution in [1.82, 2.24) is 9.88 Å². The lowest BCUT2D eigenvalue weighted by atomic mass is 10.1. The summed E-state index contributed by atoms with van der Waals surface area (Å²) in [5.41, 5.74) is 6.86. The van der Waals surface area contributed by atoms with E-state index in [4.69, 9.17) is 10.8 Å². The molecule has 1 aromatic heterocycles. The van der Waals surface area contributed by atoms with Gasteiger partial charge in [-0.1, -0.05) is 6.07 Å². The Morgan fingerprint density at radius 2 is 2.44 bits per heavy atom. The Balaban J connectivity index is 2.06. The van der Waals surface area contributed by atoms with E-state index in [0.29, 0.717) is 12.5 Å². The minimum absolute atomic E-state index is 0.192. The van der Waals surface area contributed by atoms with Gasteiger partial charge in [0.25, 0.3) is 0 Å². The quantitative estimate of drug-likeness (QED) is 0.772. The highest BCUT2D eigenvalue weighted by Gasteiger charge is 2.28. The van der Waals surface area contributed by atoms with Crippen LogP contribution in [-0.2, 0) is 0 Å². The number of likely N-dealkylation sites (tertiary alicyclic amines) is 1. The van der Waals surface area contributed by atoms with Crippen LogP contribution in [-0.4, -0.2) is 41.2 Å². The Morgan fingerprint density at radius 1 is 1.56 bits per heavy atom. The molecule has 0 bridgehead atoms. The summed E-state index contributed by atoms with van der Waals surface area (Å²) in [4.78, 5) is 6.68. The number of nitrogens with zero attached hydrogens (tertiary/aromatic N) is 2. The summed E-state index contributed by atoms with van der Waals surface area (Å²) in [7, 11) is 0. The van der Waals surface area contributed by atoms with Crippen molar-refractivity contribution in [1.29, 1.82) is 0 Å². The van der Waals surface area contributed by atoms with Gasteiger partial charge in [0.1, 0.15) is 0 Å². The van der Waals surface area contributed by atoms with E-state index in [1.54, 1.807) is 6.20 Å². The summed E-state index contributed by atoms with van der Waals surface area (Å²) in [6.07, 6.45) is 2.86. The highest BCUT2D eigenvalue weighted by molar-refractivity contribution is 5.10. The molecular weight excluding hydrogens is 202 g/mol. The molecule has 2 rings (SSSR count). The zero-order chi connectivity index (χ0) is 11.4. The molecular formula is C12H19N3O. The fourth-order valence-corrected chi connectivity index (χ4v) is 2.32. The third-order valence-corrected chi connectivity index (χ3v) is 3.27. The molecule has 0 amide bonds. The molecule has 3 N–H and O–H groups in total. The highest BCUT2D eigenvalue weighted by atomic mass is 16.3. The number of hydrogen-bond acceptors (Lipinski definition) is 4. The average Bonchev–Trinajstić information content (AvgIpc) is 2.80. The van der Waals surface area contributed by atoms with Crippen molar-refractivity contribution in [2.24, 2.45) is 11.7 Å². The second-order valence-corrected chi connectivity index (χ2v) is 4.34. The van der Waals surface area contributed by atoms with Gasteiger partial charge < -0.3 is 10.8 Å². The van der Waals surface area contributed by atoms with Crippen molar-refractivity contribution in [2.45, 2.75) is 12.5 Å². The highest BCUT2D eigenvalue weighted by Crippen LogP contribution is 2.25. The van der Waals surface area contributed by atoms with Crippen molar-refractivity contribution in [3.63, 3.8) is 0 Å². The molecule has 1 aromatic rings. The number of nitrogens with two attached hydrogens (primary N) is 1. The topological polar surface area (TPSA) is 62.4 Å². The summed E-state index contributed by atoms with van der Waals surface area (Å²) in [5.74, 6) is 0.401. The molecule has 1 saturated heterocycles. The molecule has 2 atom stereocenters. The Kier molecular flexibility index (Phi) is 3.88. The summed E-state index contributed by atoms with van der Waals surface area (Å²) in [6, 6.07) is 6.11. The Hall–Kier alpha value is -0.970. The van der Waals surface area contributed by atoms with E-state index in [0.717, 1.165) is 25.2 Å². The number of pyridine rings is 1. The Bertz CT molecular complexity index is 317. The smallest absolute Gasteiger partial charge is 0.0644 e. The second-order valence-electron chi connectivity index (χ2n) is 4.34. The fourth-order valence-electron chi connectivity index (χ4n) is 2.32. The van der Waals surface area contributed by atoms with Crippen LogP contribution in [0.5, 0.6) is 0 Å². The molecule has 4 nitrogen and oxygen atoms in total. The van der Waals surface area contributed by atoms with Crippen LogP contribution < -0.4 is 5.73 Å². The van der Waals surface area contributed by atoms with Crippen LogP contribution in [0.3, 0.4) is 0 Å². The maximum Gasteiger partial charge on any atom is 0.0644 e. The minimum atomic E-state index is 0.192. The molecule has 0 aromatic carbocycles. The van der Waals surface area contributed by atoms with E-state index in [1.807, 2.05) is 18.2 Å². The van der Waals surface area contributed by atoms with Crippen LogP contribution in [0.1, 0.15) is 18.2 Å². The molecule has 1 fully saturated rings. The maximum absolute atomic E-state index is 9.14. The first-order valence-electron chi connectivity index (χ1n) is 5.81. The monoisotopic (exact) mass is 221 g/mol. The van der Waals surface area contributed by atoms with E-state index in [1.165, 1.54) is 0 Å². The summed E-state index contributed by atoms with van der Waals surface area (Å²) < 4.78 is 0. The molecule has 4 heteroatoms. The van der Waals surface area contributed by atoms with Crippen molar-refractivity contribution in [2.75, 3.05) is 26.2 Å². The minimum Gasteiger partial charge on any atom is -0.396 e. The van der Waals surface area contributed by atoms with Gasteiger partial charge in [-0.15, -0.1) is 0 Å². The van der Waals surface area contributed by atoms with Gasteiger partial charge in [-0.2, -0.15) is 0 Å². The summed E-state index contributed by atoms with van der Waals surface area (Å²) in [5, 5.41) is 9.14. The number of hydrogen-bond donors (Lipinski definition) is 2. The van der Waals surface area contributed by atoms with Crippen molar-refractivity contribution < 1.29 is 5.11 Å². The second kappa shape index (κ2) is 5.39. The molecule has 2 heterocycles. The van der Waals surface area contributed by atoms with Gasteiger partial charge in [0, 0.05) is 25.9 Å². The summed E-state index contributed by atoms with van der Waals surface area (Å²) >= 11 is 0. The van der Waals surface area contributed by atoms with E-state index >= 15 is 0 Å². The standard InChI is InChI=1S/C12H19N3O/c13-7-12(11-3-1-2-5-14-11)15-6-4-10(8-15)9-16/h1-3,5,10,12,16H,4,6-9,13H2. The van der Waals surface area contributed by atoms with Gasteiger partial charge in [0.2, 0.25) is 0 Å². The Morgan fingerprint density at radius 3 is 3.00 bits per heavy atom. The number of rotatable bonds is 4. The average molecular weight is 221 g/mol. The van der Waals surface area contributed by atoms with Gasteiger partial charge in [0.15, 0.2) is 0 Å². The zero-order valence-electron chi connectivity index (χ0n) is 9.42. The van der Waals surface area contributed by atoms with Crippen LogP contribution in [0.15, 0.2) is 24.4 Å². The van der Waals surface area contributed by atoms with Crippen LogP contribution in [0.4, 0.5) is 0 Å². The van der Waals surface area contributed by atoms with E-state index < -0.39 is 0 Å². The molecule has 0 spiro atoms. The summed E-state index contributed by atoms with van der Waals surface area (Å²) in [6.45, 7) is 2.78. The van der Waals surface area contributed by atoms with Crippen LogP contribution in [0.25, 0.3) is 0 Å². The lowest BCUT2D eigenvalue weighted by molar-refractivity contribution is 0.199. The van der Waals surface area contributed by atoms with Gasteiger partial charge >= 0.3 is 0 Å². The maximum atomic E-state index is 9.14. The van der Waals surface area contributed by atoms with Crippen molar-refractivity contribution in [3.05, 3.63) is 30.1 Å². The molecule has 88 valence electrons. The van der Waals surface area contributed by atoms with E-state index in [2.05, 4.69) is 9.88 Å². The van der Waals surface area contributed by atoms with E-state index in [9.17, 15) is 0 Å². The molecule has 0 radical (unpaired) electrons. The first-order valence-corrected chi connectivity index (χ1v) is 5.81. The Labute approximate surface area is 96.1 Å². The molecule has 1 aliphatic heterocycles. The lowest BCUT2D eigenvalue weighted by Gasteiger charge is -2.26. The number of aliphatic hydroxyl groups is 1. The lowest BCUT2D eigenvalue weighted by Crippen LogP contribution is -2.32. The van der Waals surface area contributed by atoms with Crippen LogP contribution in [0, 0.1) is 5.92 Å². The fraction of sp³-hybridized carbons (Fsp3) is 0.583. The SMILES string of the molecule is NCC(c1ccccn1)N1CCC(CO)C1. The predicted octanol–water partition coefficient (Wildman–Crippen LogP) is 0.396. The first-order chi connectivity index (χ1) is 7.85. The van der Waals surface area contributed by atoms with Crippen molar-refractivity contribution in [3.8, 4) is 0 Å². The third kappa shape index (κ3) is 2.40. The molecule has 0 saturated carbocycles. The van der Waals surface area contributed by atoms with Gasteiger partial charge in [-0.25, -0.2) is 0 Å². The van der Waals surface area contributed by atoms with Gasteiger partial charge in [-0.05, 0) is 31.0 Å².